The highest BCUT2D eigenvalue weighted by atomic mass is 16.5. The molecule has 2 aliphatic rings. The summed E-state index contributed by atoms with van der Waals surface area (Å²) in [6.07, 6.45) is 5.05. The van der Waals surface area contributed by atoms with E-state index in [0.29, 0.717) is 39.4 Å². The van der Waals surface area contributed by atoms with Crippen molar-refractivity contribution in [2.45, 2.75) is 26.7 Å². The van der Waals surface area contributed by atoms with Gasteiger partial charge in [0.1, 0.15) is 0 Å². The van der Waals surface area contributed by atoms with Crippen molar-refractivity contribution >= 4 is 17.9 Å². The number of ether oxygens (including phenoxy) is 1. The van der Waals surface area contributed by atoms with E-state index in [-0.39, 0.29) is 17.7 Å². The summed E-state index contributed by atoms with van der Waals surface area (Å²) >= 11 is 0. The van der Waals surface area contributed by atoms with Crippen LogP contribution in [0.3, 0.4) is 0 Å². The van der Waals surface area contributed by atoms with E-state index < -0.39 is 0 Å². The van der Waals surface area contributed by atoms with E-state index in [9.17, 15) is 9.59 Å². The topological polar surface area (TPSA) is 54.8 Å². The van der Waals surface area contributed by atoms with Crippen LogP contribution >= 0.6 is 0 Å². The molecule has 2 fully saturated rings. The minimum absolute atomic E-state index is 0.0155. The van der Waals surface area contributed by atoms with Crippen molar-refractivity contribution in [1.82, 2.24) is 14.4 Å². The van der Waals surface area contributed by atoms with Gasteiger partial charge in [-0.15, -0.1) is 0 Å². The van der Waals surface area contributed by atoms with Crippen molar-refractivity contribution in [3.63, 3.8) is 0 Å². The van der Waals surface area contributed by atoms with E-state index in [1.54, 1.807) is 6.08 Å². The Bertz CT molecular complexity index is 950. The predicted molar refractivity (Wildman–Crippen MR) is 121 cm³/mol. The molecule has 164 valence electrons. The summed E-state index contributed by atoms with van der Waals surface area (Å²) in [6.45, 7) is 8.03. The highest BCUT2D eigenvalue weighted by Crippen LogP contribution is 2.23. The van der Waals surface area contributed by atoms with Crippen molar-refractivity contribution in [2.24, 2.45) is 5.92 Å². The molecule has 0 atom stereocenters. The van der Waals surface area contributed by atoms with E-state index in [1.165, 1.54) is 0 Å². The maximum absolute atomic E-state index is 12.7. The van der Waals surface area contributed by atoms with Crippen LogP contribution in [0.4, 0.5) is 0 Å². The van der Waals surface area contributed by atoms with Gasteiger partial charge in [0.2, 0.25) is 11.8 Å². The van der Waals surface area contributed by atoms with Crippen LogP contribution in [0.15, 0.2) is 42.5 Å². The quantitative estimate of drug-likeness (QED) is 0.713. The lowest BCUT2D eigenvalue weighted by Gasteiger charge is -2.35. The fourth-order valence-corrected chi connectivity index (χ4v) is 4.59. The zero-order valence-corrected chi connectivity index (χ0v) is 18.4. The van der Waals surface area contributed by atoms with Crippen LogP contribution in [0.2, 0.25) is 0 Å². The molecule has 0 bridgehead atoms. The van der Waals surface area contributed by atoms with Crippen LogP contribution in [-0.4, -0.2) is 65.6 Å². The average Bonchev–Trinajstić information content (AvgIpc) is 3.11. The molecule has 3 heterocycles. The maximum Gasteiger partial charge on any atom is 0.246 e. The molecule has 0 aliphatic carbocycles. The summed E-state index contributed by atoms with van der Waals surface area (Å²) in [5.74, 6) is 0.261. The maximum atomic E-state index is 12.7. The van der Waals surface area contributed by atoms with Crippen LogP contribution in [0.1, 0.15) is 29.8 Å². The molecule has 4 rings (SSSR count). The second kappa shape index (κ2) is 9.52. The number of hydrogen-bond acceptors (Lipinski definition) is 3. The number of para-hydroxylation sites is 1. The number of rotatable bonds is 4. The number of amides is 2. The fraction of sp³-hybridized carbons (Fsp3) is 0.440. The monoisotopic (exact) mass is 421 g/mol. The van der Waals surface area contributed by atoms with Crippen LogP contribution in [-0.2, 0) is 14.3 Å². The van der Waals surface area contributed by atoms with Gasteiger partial charge in [-0.05, 0) is 56.5 Å². The lowest BCUT2D eigenvalue weighted by Crippen LogP contribution is -2.47. The van der Waals surface area contributed by atoms with Crippen LogP contribution in [0.5, 0.6) is 0 Å². The SMILES string of the molecule is Cc1cc(/C=C/C(=O)N2CCC(C(=O)N3CCOCC3)CC2)c(C)n1-c1ccccc1. The van der Waals surface area contributed by atoms with Gasteiger partial charge in [0.15, 0.2) is 0 Å². The van der Waals surface area contributed by atoms with Gasteiger partial charge in [-0.25, -0.2) is 0 Å². The first-order valence-corrected chi connectivity index (χ1v) is 11.1. The Morgan fingerprint density at radius 1 is 0.968 bits per heavy atom. The van der Waals surface area contributed by atoms with Crippen molar-refractivity contribution in [2.75, 3.05) is 39.4 Å². The molecular formula is C25H31N3O3. The molecule has 0 spiro atoms. The zero-order valence-electron chi connectivity index (χ0n) is 18.4. The van der Waals surface area contributed by atoms with Crippen LogP contribution < -0.4 is 0 Å². The van der Waals surface area contributed by atoms with Gasteiger partial charge in [-0.2, -0.15) is 0 Å². The minimum atomic E-state index is 0.0155. The molecular weight excluding hydrogens is 390 g/mol. The summed E-state index contributed by atoms with van der Waals surface area (Å²) in [6, 6.07) is 12.3. The van der Waals surface area contributed by atoms with E-state index in [4.69, 9.17) is 4.74 Å². The number of aryl methyl sites for hydroxylation is 1. The Morgan fingerprint density at radius 2 is 1.65 bits per heavy atom. The molecule has 2 saturated heterocycles. The predicted octanol–water partition coefficient (Wildman–Crippen LogP) is 3.20. The van der Waals surface area contributed by atoms with Gasteiger partial charge in [0.05, 0.1) is 13.2 Å². The van der Waals surface area contributed by atoms with Gasteiger partial charge >= 0.3 is 0 Å². The lowest BCUT2D eigenvalue weighted by molar-refractivity contribution is -0.142. The largest absolute Gasteiger partial charge is 0.378 e. The fourth-order valence-electron chi connectivity index (χ4n) is 4.59. The van der Waals surface area contributed by atoms with Gasteiger partial charge < -0.3 is 19.1 Å². The molecule has 2 aliphatic heterocycles. The molecule has 1 aromatic carbocycles. The molecule has 0 radical (unpaired) electrons. The van der Waals surface area contributed by atoms with Gasteiger partial charge in [0, 0.05) is 55.2 Å². The van der Waals surface area contributed by atoms with Gasteiger partial charge in [-0.3, -0.25) is 9.59 Å². The first-order valence-electron chi connectivity index (χ1n) is 11.1. The van der Waals surface area contributed by atoms with Crippen LogP contribution in [0, 0.1) is 19.8 Å². The van der Waals surface area contributed by atoms with Crippen molar-refractivity contribution in [1.29, 1.82) is 0 Å². The number of carbonyl (C=O) groups excluding carboxylic acids is 2. The van der Waals surface area contributed by atoms with Crippen LogP contribution in [0.25, 0.3) is 11.8 Å². The molecule has 0 saturated carbocycles. The van der Waals surface area contributed by atoms with Gasteiger partial charge in [0.25, 0.3) is 0 Å². The Hall–Kier alpha value is -2.86. The number of morpholine rings is 1. The number of hydrogen-bond donors (Lipinski definition) is 0. The third-order valence-electron chi connectivity index (χ3n) is 6.37. The summed E-state index contributed by atoms with van der Waals surface area (Å²) in [4.78, 5) is 29.2. The number of benzene rings is 1. The molecule has 1 aromatic heterocycles. The number of nitrogens with zero attached hydrogens (tertiary/aromatic N) is 3. The number of likely N-dealkylation sites (tertiary alicyclic amines) is 1. The van der Waals surface area contributed by atoms with E-state index in [2.05, 4.69) is 36.6 Å². The molecule has 2 aromatic rings. The molecule has 6 heteroatoms. The summed E-state index contributed by atoms with van der Waals surface area (Å²) in [7, 11) is 0. The number of piperidine rings is 1. The Kier molecular flexibility index (Phi) is 6.56. The first-order chi connectivity index (χ1) is 15.0. The summed E-state index contributed by atoms with van der Waals surface area (Å²) in [5.41, 5.74) is 4.42. The summed E-state index contributed by atoms with van der Waals surface area (Å²) < 4.78 is 7.54. The first kappa shape index (κ1) is 21.4. The number of carbonyl (C=O) groups is 2. The highest BCUT2D eigenvalue weighted by molar-refractivity contribution is 5.92. The standard InChI is InChI=1S/C25H31N3O3/c1-19-18-22(20(2)28(19)23-6-4-3-5-7-23)8-9-24(29)26-12-10-21(11-13-26)25(30)27-14-16-31-17-15-27/h3-9,18,21H,10-17H2,1-2H3/b9-8+. The van der Waals surface area contributed by atoms with Crippen molar-refractivity contribution in [3.8, 4) is 5.69 Å². The number of aromatic nitrogens is 1. The van der Waals surface area contributed by atoms with E-state index >= 15 is 0 Å². The molecule has 31 heavy (non-hydrogen) atoms. The highest BCUT2D eigenvalue weighted by Gasteiger charge is 2.30. The van der Waals surface area contributed by atoms with Crippen molar-refractivity contribution in [3.05, 3.63) is 59.4 Å². The van der Waals surface area contributed by atoms with Crippen molar-refractivity contribution < 1.29 is 14.3 Å². The third kappa shape index (κ3) is 4.74. The van der Waals surface area contributed by atoms with E-state index in [0.717, 1.165) is 35.5 Å². The molecule has 6 nitrogen and oxygen atoms in total. The smallest absolute Gasteiger partial charge is 0.246 e. The second-order valence-corrected chi connectivity index (χ2v) is 8.37. The third-order valence-corrected chi connectivity index (χ3v) is 6.37. The Morgan fingerprint density at radius 3 is 2.32 bits per heavy atom. The molecule has 0 N–H and O–H groups in total. The Balaban J connectivity index is 1.36. The molecule has 2 amide bonds. The molecule has 0 unspecified atom stereocenters. The average molecular weight is 422 g/mol. The minimum Gasteiger partial charge on any atom is -0.378 e. The zero-order chi connectivity index (χ0) is 21.8. The second-order valence-electron chi connectivity index (χ2n) is 8.37. The van der Waals surface area contributed by atoms with E-state index in [1.807, 2.05) is 34.1 Å². The van der Waals surface area contributed by atoms with Gasteiger partial charge in [-0.1, -0.05) is 18.2 Å². The lowest BCUT2D eigenvalue weighted by atomic mass is 9.95. The normalized spacial score (nSPS) is 18.0. The summed E-state index contributed by atoms with van der Waals surface area (Å²) in [5, 5.41) is 0. The Labute approximate surface area is 184 Å².